The lowest BCUT2D eigenvalue weighted by molar-refractivity contribution is 0.124. The van der Waals surface area contributed by atoms with Gasteiger partial charge in [-0.1, -0.05) is 30.3 Å². The highest BCUT2D eigenvalue weighted by Crippen LogP contribution is 2.02. The molecule has 0 unspecified atom stereocenters. The maximum atomic E-state index is 9.45. The van der Waals surface area contributed by atoms with E-state index in [1.165, 1.54) is 5.56 Å². The molecule has 3 heteroatoms. The zero-order valence-electron chi connectivity index (χ0n) is 9.06. The number of nitrogens with one attached hydrogen (secondary N) is 1. The molecule has 1 aromatic carbocycles. The van der Waals surface area contributed by atoms with E-state index in [2.05, 4.69) is 5.32 Å². The van der Waals surface area contributed by atoms with Crippen LogP contribution in [0.4, 0.5) is 0 Å². The minimum absolute atomic E-state index is 0.0461. The summed E-state index contributed by atoms with van der Waals surface area (Å²) in [5, 5.41) is 21.5. The molecule has 0 aromatic heterocycles. The van der Waals surface area contributed by atoms with Crippen molar-refractivity contribution in [2.45, 2.75) is 32.0 Å². The van der Waals surface area contributed by atoms with Gasteiger partial charge in [0.15, 0.2) is 0 Å². The van der Waals surface area contributed by atoms with Gasteiger partial charge in [0.2, 0.25) is 0 Å². The van der Waals surface area contributed by atoms with Crippen molar-refractivity contribution in [3.05, 3.63) is 35.9 Å². The summed E-state index contributed by atoms with van der Waals surface area (Å²) in [6, 6.07) is 9.97. The summed E-state index contributed by atoms with van der Waals surface area (Å²) in [5.74, 6) is 0. The van der Waals surface area contributed by atoms with E-state index in [1.807, 2.05) is 30.3 Å². The minimum Gasteiger partial charge on any atom is -0.396 e. The Kier molecular flexibility index (Phi) is 5.32. The molecule has 0 amide bonds. The van der Waals surface area contributed by atoms with E-state index in [0.717, 1.165) is 6.54 Å². The highest BCUT2D eigenvalue weighted by Gasteiger charge is 2.12. The molecular weight excluding hydrogens is 190 g/mol. The van der Waals surface area contributed by atoms with Gasteiger partial charge in [0.25, 0.3) is 0 Å². The number of aliphatic hydroxyl groups is 2. The molecule has 1 rings (SSSR count). The van der Waals surface area contributed by atoms with Crippen molar-refractivity contribution in [3.63, 3.8) is 0 Å². The van der Waals surface area contributed by atoms with Crippen LogP contribution in [-0.2, 0) is 6.54 Å². The van der Waals surface area contributed by atoms with Gasteiger partial charge in [0.05, 0.1) is 6.10 Å². The summed E-state index contributed by atoms with van der Waals surface area (Å²) in [6.45, 7) is 2.55. The average Bonchev–Trinajstić information content (AvgIpc) is 2.25. The first-order valence-electron chi connectivity index (χ1n) is 5.30. The molecule has 0 aliphatic rings. The summed E-state index contributed by atoms with van der Waals surface area (Å²) < 4.78 is 0. The Bertz CT molecular complexity index is 262. The van der Waals surface area contributed by atoms with Gasteiger partial charge in [-0.2, -0.15) is 0 Å². The third-order valence-electron chi connectivity index (χ3n) is 2.43. The standard InChI is InChI=1S/C12H19NO2/c1-10(15)12(7-8-14)13-9-11-5-3-2-4-6-11/h2-6,10,12-15H,7-9H2,1H3/t10-,12+/m1/s1. The second kappa shape index (κ2) is 6.56. The first-order chi connectivity index (χ1) is 7.24. The van der Waals surface area contributed by atoms with E-state index in [1.54, 1.807) is 6.92 Å². The summed E-state index contributed by atoms with van der Waals surface area (Å²) >= 11 is 0. The predicted octanol–water partition coefficient (Wildman–Crippen LogP) is 0.908. The fraction of sp³-hybridized carbons (Fsp3) is 0.500. The molecule has 2 atom stereocenters. The molecule has 1 aromatic rings. The zero-order chi connectivity index (χ0) is 11.1. The van der Waals surface area contributed by atoms with E-state index in [9.17, 15) is 5.11 Å². The molecule has 0 heterocycles. The third-order valence-corrected chi connectivity index (χ3v) is 2.43. The molecule has 0 radical (unpaired) electrons. The van der Waals surface area contributed by atoms with Crippen LogP contribution < -0.4 is 5.32 Å². The maximum absolute atomic E-state index is 9.45. The molecule has 0 saturated heterocycles. The molecule has 0 spiro atoms. The van der Waals surface area contributed by atoms with Crippen molar-refractivity contribution in [2.75, 3.05) is 6.61 Å². The number of hydrogen-bond acceptors (Lipinski definition) is 3. The number of benzene rings is 1. The van der Waals surface area contributed by atoms with Gasteiger partial charge in [-0.05, 0) is 18.9 Å². The monoisotopic (exact) mass is 209 g/mol. The molecule has 15 heavy (non-hydrogen) atoms. The van der Waals surface area contributed by atoms with Crippen LogP contribution in [0.15, 0.2) is 30.3 Å². The number of hydrogen-bond donors (Lipinski definition) is 3. The van der Waals surface area contributed by atoms with E-state index in [0.29, 0.717) is 6.42 Å². The number of rotatable bonds is 6. The molecule has 0 saturated carbocycles. The Labute approximate surface area is 90.8 Å². The quantitative estimate of drug-likeness (QED) is 0.652. The lowest BCUT2D eigenvalue weighted by Gasteiger charge is -2.20. The largest absolute Gasteiger partial charge is 0.396 e. The SMILES string of the molecule is C[C@@H](O)[C@H](CCO)NCc1ccccc1. The molecule has 0 bridgehead atoms. The van der Waals surface area contributed by atoms with Crippen molar-refractivity contribution >= 4 is 0 Å². The van der Waals surface area contributed by atoms with E-state index < -0.39 is 6.10 Å². The van der Waals surface area contributed by atoms with Gasteiger partial charge >= 0.3 is 0 Å². The van der Waals surface area contributed by atoms with Crippen LogP contribution >= 0.6 is 0 Å². The van der Waals surface area contributed by atoms with Crippen molar-refractivity contribution in [1.29, 1.82) is 0 Å². The van der Waals surface area contributed by atoms with Crippen LogP contribution in [0.2, 0.25) is 0 Å². The van der Waals surface area contributed by atoms with E-state index in [4.69, 9.17) is 5.11 Å². The lowest BCUT2D eigenvalue weighted by Crippen LogP contribution is -2.38. The van der Waals surface area contributed by atoms with Crippen LogP contribution in [0.5, 0.6) is 0 Å². The first kappa shape index (κ1) is 12.2. The highest BCUT2D eigenvalue weighted by atomic mass is 16.3. The van der Waals surface area contributed by atoms with Crippen LogP contribution in [0.25, 0.3) is 0 Å². The summed E-state index contributed by atoms with van der Waals surface area (Å²) in [5.41, 5.74) is 1.18. The average molecular weight is 209 g/mol. The van der Waals surface area contributed by atoms with Gasteiger partial charge in [0.1, 0.15) is 0 Å². The Morgan fingerprint density at radius 3 is 2.47 bits per heavy atom. The van der Waals surface area contributed by atoms with Crippen LogP contribution in [0.1, 0.15) is 18.9 Å². The lowest BCUT2D eigenvalue weighted by atomic mass is 10.1. The highest BCUT2D eigenvalue weighted by molar-refractivity contribution is 5.14. The normalized spacial score (nSPS) is 14.9. The Morgan fingerprint density at radius 1 is 1.27 bits per heavy atom. The molecule has 3 N–H and O–H groups in total. The van der Waals surface area contributed by atoms with Gasteiger partial charge < -0.3 is 15.5 Å². The summed E-state index contributed by atoms with van der Waals surface area (Å²) in [7, 11) is 0. The maximum Gasteiger partial charge on any atom is 0.0666 e. The van der Waals surface area contributed by atoms with Crippen molar-refractivity contribution < 1.29 is 10.2 Å². The minimum atomic E-state index is -0.444. The second-order valence-electron chi connectivity index (χ2n) is 3.73. The third kappa shape index (κ3) is 4.42. The second-order valence-corrected chi connectivity index (χ2v) is 3.73. The van der Waals surface area contributed by atoms with E-state index in [-0.39, 0.29) is 12.6 Å². The molecular formula is C12H19NO2. The Balaban J connectivity index is 2.40. The fourth-order valence-corrected chi connectivity index (χ4v) is 1.50. The van der Waals surface area contributed by atoms with Gasteiger partial charge in [-0.15, -0.1) is 0 Å². The topological polar surface area (TPSA) is 52.5 Å². The Morgan fingerprint density at radius 2 is 1.93 bits per heavy atom. The molecule has 0 fully saturated rings. The predicted molar refractivity (Wildman–Crippen MR) is 60.5 cm³/mol. The zero-order valence-corrected chi connectivity index (χ0v) is 9.06. The van der Waals surface area contributed by atoms with Crippen molar-refractivity contribution in [2.24, 2.45) is 0 Å². The van der Waals surface area contributed by atoms with Gasteiger partial charge in [-0.25, -0.2) is 0 Å². The van der Waals surface area contributed by atoms with Crippen molar-refractivity contribution in [1.82, 2.24) is 5.32 Å². The molecule has 0 aliphatic heterocycles. The van der Waals surface area contributed by atoms with Gasteiger partial charge in [-0.3, -0.25) is 0 Å². The molecule has 3 nitrogen and oxygen atoms in total. The molecule has 0 aliphatic carbocycles. The van der Waals surface area contributed by atoms with Crippen LogP contribution in [-0.4, -0.2) is 29.0 Å². The summed E-state index contributed by atoms with van der Waals surface area (Å²) in [4.78, 5) is 0. The summed E-state index contributed by atoms with van der Waals surface area (Å²) in [6.07, 6.45) is 0.130. The van der Waals surface area contributed by atoms with Crippen LogP contribution in [0, 0.1) is 0 Å². The van der Waals surface area contributed by atoms with Crippen molar-refractivity contribution in [3.8, 4) is 0 Å². The smallest absolute Gasteiger partial charge is 0.0666 e. The number of aliphatic hydroxyl groups excluding tert-OH is 2. The first-order valence-corrected chi connectivity index (χ1v) is 5.30. The van der Waals surface area contributed by atoms with Crippen LogP contribution in [0.3, 0.4) is 0 Å². The Hall–Kier alpha value is -0.900. The molecule has 84 valence electrons. The van der Waals surface area contributed by atoms with E-state index >= 15 is 0 Å². The van der Waals surface area contributed by atoms with Gasteiger partial charge in [0, 0.05) is 19.2 Å². The fourth-order valence-electron chi connectivity index (χ4n) is 1.50.